The summed E-state index contributed by atoms with van der Waals surface area (Å²) >= 11 is 0. The Balaban J connectivity index is 1.26. The average Bonchev–Trinajstić information content (AvgIpc) is 3.62. The van der Waals surface area contributed by atoms with Crippen molar-refractivity contribution in [3.8, 4) is 28.4 Å². The standard InChI is InChI=1S/C44H60N4O11Si2/c1-43(2,3)60(8,9)58-54-29-37-35(57-59-61(10,11)44(4,5)6)26-38(56-37)47-27-36-40(46-41(47)49)48(53-25-24-45-42(50)52-28-30-16-13-12-14-17-30)39-33(18-15-19-34(39)55-36)31-20-22-32(51-7)23-21-31/h12-23,27,35,37-38H,24-26,28-29H2,1-11H3,(H,45,50)/t35-,37+,38+/m0/s1. The van der Waals surface area contributed by atoms with Gasteiger partial charge in [-0.15, -0.1) is 0 Å². The van der Waals surface area contributed by atoms with Crippen molar-refractivity contribution in [2.24, 2.45) is 0 Å². The van der Waals surface area contributed by atoms with E-state index in [-0.39, 0.29) is 54.4 Å². The number of carbonyl (C=O) groups excluding carboxylic acids is 1. The van der Waals surface area contributed by atoms with E-state index in [9.17, 15) is 9.59 Å². The molecule has 6 rings (SSSR count). The Bertz CT molecular complexity index is 2170. The molecule has 0 unspecified atom stereocenters. The second-order valence-corrected chi connectivity index (χ2v) is 27.6. The number of amides is 1. The van der Waals surface area contributed by atoms with Gasteiger partial charge < -0.3 is 24.3 Å². The number of para-hydroxylation sites is 1. The number of nitrogens with zero attached hydrogens (tertiary/aromatic N) is 3. The van der Waals surface area contributed by atoms with Crippen molar-refractivity contribution < 1.29 is 47.5 Å². The van der Waals surface area contributed by atoms with Gasteiger partial charge in [0.1, 0.15) is 43.1 Å². The third kappa shape index (κ3) is 10.9. The van der Waals surface area contributed by atoms with Crippen LogP contribution in [-0.4, -0.2) is 71.4 Å². The van der Waals surface area contributed by atoms with Crippen molar-refractivity contribution in [1.29, 1.82) is 0 Å². The van der Waals surface area contributed by atoms with Gasteiger partial charge in [-0.1, -0.05) is 96.1 Å². The Kier molecular flexibility index (Phi) is 14.1. The molecular formula is C44H60N4O11Si2. The van der Waals surface area contributed by atoms with Crippen molar-refractivity contribution in [3.05, 3.63) is 95.0 Å². The number of rotatable bonds is 16. The lowest BCUT2D eigenvalue weighted by atomic mass is 10.0. The Hall–Kier alpha value is -4.60. The molecule has 1 N–H and O–H groups in total. The summed E-state index contributed by atoms with van der Waals surface area (Å²) in [5, 5.41) is 4.01. The Morgan fingerprint density at radius 1 is 0.885 bits per heavy atom. The summed E-state index contributed by atoms with van der Waals surface area (Å²) in [6, 6.07) is 22.5. The molecule has 1 saturated heterocycles. The van der Waals surface area contributed by atoms with Crippen LogP contribution in [0.15, 0.2) is 83.8 Å². The molecule has 3 heterocycles. The molecule has 2 aliphatic rings. The highest BCUT2D eigenvalue weighted by Crippen LogP contribution is 2.50. The lowest BCUT2D eigenvalue weighted by Crippen LogP contribution is -2.44. The first-order chi connectivity index (χ1) is 28.8. The number of ether oxygens (including phenoxy) is 4. The van der Waals surface area contributed by atoms with Gasteiger partial charge in [0.2, 0.25) is 22.5 Å². The van der Waals surface area contributed by atoms with E-state index in [4.69, 9.17) is 42.7 Å². The molecule has 1 amide bonds. The molecule has 0 bridgehead atoms. The summed E-state index contributed by atoms with van der Waals surface area (Å²) in [6.45, 7) is 21.4. The number of hydrogen-bond acceptors (Lipinski definition) is 13. The van der Waals surface area contributed by atoms with Gasteiger partial charge in [0, 0.05) is 18.5 Å². The van der Waals surface area contributed by atoms with Gasteiger partial charge in [-0.25, -0.2) is 19.4 Å². The molecular weight excluding hydrogens is 817 g/mol. The van der Waals surface area contributed by atoms with E-state index < -0.39 is 46.9 Å². The van der Waals surface area contributed by atoms with Crippen molar-refractivity contribution in [1.82, 2.24) is 14.9 Å². The maximum absolute atomic E-state index is 14.1. The predicted octanol–water partition coefficient (Wildman–Crippen LogP) is 9.58. The number of benzene rings is 3. The van der Waals surface area contributed by atoms with Crippen LogP contribution in [0.25, 0.3) is 11.1 Å². The Labute approximate surface area is 360 Å². The summed E-state index contributed by atoms with van der Waals surface area (Å²) in [5.74, 6) is 1.51. The Morgan fingerprint density at radius 3 is 2.25 bits per heavy atom. The van der Waals surface area contributed by atoms with E-state index in [1.807, 2.05) is 66.7 Å². The first kappa shape index (κ1) is 45.9. The van der Waals surface area contributed by atoms with Gasteiger partial charge in [-0.3, -0.25) is 18.6 Å². The molecule has 17 heteroatoms. The molecule has 3 atom stereocenters. The molecule has 330 valence electrons. The third-order valence-corrected chi connectivity index (χ3v) is 20.0. The highest BCUT2D eigenvalue weighted by Gasteiger charge is 2.45. The van der Waals surface area contributed by atoms with Gasteiger partial charge in [0.25, 0.3) is 0 Å². The lowest BCUT2D eigenvalue weighted by molar-refractivity contribution is -0.290. The molecule has 0 aliphatic carbocycles. The minimum absolute atomic E-state index is 0.00135. The van der Waals surface area contributed by atoms with Crippen LogP contribution in [-0.2, 0) is 39.8 Å². The van der Waals surface area contributed by atoms with Crippen LogP contribution >= 0.6 is 0 Å². The van der Waals surface area contributed by atoms with Gasteiger partial charge in [0.05, 0.1) is 19.9 Å². The number of fused-ring (bicyclic) bond motifs is 2. The van der Waals surface area contributed by atoms with Gasteiger partial charge in [-0.2, -0.15) is 10.0 Å². The molecule has 4 aromatic rings. The van der Waals surface area contributed by atoms with Crippen molar-refractivity contribution >= 4 is 34.2 Å². The summed E-state index contributed by atoms with van der Waals surface area (Å²) < 4.78 is 37.4. The highest BCUT2D eigenvalue weighted by molar-refractivity contribution is 6.74. The fourth-order valence-electron chi connectivity index (χ4n) is 5.90. The minimum Gasteiger partial charge on any atom is -0.497 e. The number of hydrogen-bond donors (Lipinski definition) is 1. The molecule has 0 radical (unpaired) electrons. The zero-order valence-electron chi connectivity index (χ0n) is 37.1. The van der Waals surface area contributed by atoms with Gasteiger partial charge in [0.15, 0.2) is 11.5 Å². The van der Waals surface area contributed by atoms with Crippen LogP contribution in [0.5, 0.6) is 17.2 Å². The van der Waals surface area contributed by atoms with Crippen molar-refractivity contribution in [2.45, 2.75) is 109 Å². The maximum Gasteiger partial charge on any atom is 0.407 e. The highest BCUT2D eigenvalue weighted by atomic mass is 28.4. The minimum atomic E-state index is -2.33. The van der Waals surface area contributed by atoms with E-state index >= 15 is 0 Å². The second kappa shape index (κ2) is 18.8. The van der Waals surface area contributed by atoms with E-state index in [2.05, 4.69) is 78.0 Å². The smallest absolute Gasteiger partial charge is 0.407 e. The van der Waals surface area contributed by atoms with Gasteiger partial charge >= 0.3 is 11.8 Å². The number of alkyl carbamates (subject to hydrolysis) is 1. The first-order valence-corrected chi connectivity index (χ1v) is 26.4. The van der Waals surface area contributed by atoms with Crippen LogP contribution in [0.3, 0.4) is 0 Å². The molecule has 15 nitrogen and oxygen atoms in total. The normalized spacial score (nSPS) is 18.0. The zero-order chi connectivity index (χ0) is 44.2. The van der Waals surface area contributed by atoms with Crippen LogP contribution in [0.2, 0.25) is 36.3 Å². The molecule has 0 spiro atoms. The van der Waals surface area contributed by atoms with E-state index in [0.29, 0.717) is 17.2 Å². The van der Waals surface area contributed by atoms with Crippen LogP contribution < -0.4 is 25.5 Å². The van der Waals surface area contributed by atoms with Gasteiger partial charge in [-0.05, 0) is 65.6 Å². The van der Waals surface area contributed by atoms with E-state index in [1.165, 1.54) is 9.63 Å². The lowest BCUT2D eigenvalue weighted by Gasteiger charge is -2.36. The largest absolute Gasteiger partial charge is 0.497 e. The predicted molar refractivity (Wildman–Crippen MR) is 236 cm³/mol. The SMILES string of the molecule is COc1ccc(-c2cccc3c2N(OCCNC(=O)OCc2ccccc2)c2nc(=O)n([C@H]4C[C@H](OO[Si](C)(C)C(C)(C)C)[C@@H](COO[Si](C)(C)C(C)(C)C)O4)cc2O3)cc1. The number of nitrogens with one attached hydrogen (secondary N) is 1. The van der Waals surface area contributed by atoms with E-state index in [0.717, 1.165) is 16.7 Å². The first-order valence-electron chi connectivity index (χ1n) is 20.5. The van der Waals surface area contributed by atoms with Crippen molar-refractivity contribution in [2.75, 3.05) is 31.9 Å². The van der Waals surface area contributed by atoms with Crippen LogP contribution in [0.4, 0.5) is 16.3 Å². The number of methoxy groups -OCH3 is 1. The van der Waals surface area contributed by atoms with Crippen LogP contribution in [0.1, 0.15) is 59.8 Å². The average molecular weight is 877 g/mol. The van der Waals surface area contributed by atoms with Crippen molar-refractivity contribution in [3.63, 3.8) is 0 Å². The summed E-state index contributed by atoms with van der Waals surface area (Å²) in [7, 11) is -2.98. The van der Waals surface area contributed by atoms with Crippen LogP contribution in [0, 0.1) is 0 Å². The molecule has 2 aliphatic heterocycles. The summed E-state index contributed by atoms with van der Waals surface area (Å²) in [4.78, 5) is 49.6. The molecule has 1 fully saturated rings. The molecule has 1 aromatic heterocycles. The number of aromatic nitrogens is 2. The monoisotopic (exact) mass is 876 g/mol. The fraction of sp³-hybridized carbons (Fsp3) is 0.477. The van der Waals surface area contributed by atoms with E-state index in [1.54, 1.807) is 19.4 Å². The fourth-order valence-corrected chi connectivity index (χ4v) is 7.13. The molecule has 61 heavy (non-hydrogen) atoms. The summed E-state index contributed by atoms with van der Waals surface area (Å²) in [6.07, 6.45) is -0.814. The second-order valence-electron chi connectivity index (χ2n) is 18.2. The Morgan fingerprint density at radius 2 is 1.57 bits per heavy atom. The number of anilines is 2. The quantitative estimate of drug-likeness (QED) is 0.0493. The topological polar surface area (TPSA) is 150 Å². The third-order valence-electron chi connectivity index (χ3n) is 11.7. The molecule has 0 saturated carbocycles. The summed E-state index contributed by atoms with van der Waals surface area (Å²) in [5.41, 5.74) is 2.35. The number of carbonyl (C=O) groups is 1. The maximum atomic E-state index is 14.1. The zero-order valence-corrected chi connectivity index (χ0v) is 39.1. The molecule has 3 aromatic carbocycles.